The Balaban J connectivity index is 1.89. The van der Waals surface area contributed by atoms with Crippen molar-refractivity contribution in [3.63, 3.8) is 0 Å². The van der Waals surface area contributed by atoms with Crippen LogP contribution in [0, 0.1) is 0 Å². The first-order chi connectivity index (χ1) is 11.1. The average molecular weight is 349 g/mol. The third-order valence-corrected chi connectivity index (χ3v) is 4.37. The van der Waals surface area contributed by atoms with Gasteiger partial charge < -0.3 is 15.5 Å². The Morgan fingerprint density at radius 3 is 2.35 bits per heavy atom. The fourth-order valence-electron chi connectivity index (χ4n) is 2.42. The molecular formula is C18H23ClN3S+. The predicted molar refractivity (Wildman–Crippen MR) is 101 cm³/mol. The van der Waals surface area contributed by atoms with E-state index in [2.05, 4.69) is 42.9 Å². The fourth-order valence-corrected chi connectivity index (χ4v) is 2.84. The molecule has 0 fully saturated rings. The van der Waals surface area contributed by atoms with Crippen molar-refractivity contribution in [2.45, 2.75) is 12.6 Å². The lowest BCUT2D eigenvalue weighted by Gasteiger charge is -2.23. The first kappa shape index (κ1) is 17.7. The second-order valence-corrected chi connectivity index (χ2v) is 6.52. The van der Waals surface area contributed by atoms with E-state index >= 15 is 0 Å². The molecule has 0 radical (unpaired) electrons. The third kappa shape index (κ3) is 5.50. The molecule has 0 aliphatic carbocycles. The number of nitrogens with one attached hydrogen (secondary N) is 3. The molecule has 0 bridgehead atoms. The Bertz CT molecular complexity index is 631. The molecule has 3 nitrogen and oxygen atoms in total. The van der Waals surface area contributed by atoms with E-state index in [9.17, 15) is 0 Å². The topological polar surface area (TPSA) is 28.5 Å². The van der Waals surface area contributed by atoms with Gasteiger partial charge in [0, 0.05) is 17.1 Å². The van der Waals surface area contributed by atoms with Gasteiger partial charge in [-0.05, 0) is 23.8 Å². The highest BCUT2D eigenvalue weighted by Crippen LogP contribution is 2.20. The number of rotatable bonds is 6. The van der Waals surface area contributed by atoms with Gasteiger partial charge in [-0.15, -0.1) is 0 Å². The molecule has 3 N–H and O–H groups in total. The highest BCUT2D eigenvalue weighted by Gasteiger charge is 2.20. The summed E-state index contributed by atoms with van der Waals surface area (Å²) in [4.78, 5) is 1.30. The Morgan fingerprint density at radius 1 is 1.04 bits per heavy atom. The van der Waals surface area contributed by atoms with Crippen LogP contribution >= 0.6 is 23.8 Å². The number of thiocarbonyl (C=S) groups is 1. The molecular weight excluding hydrogens is 326 g/mol. The lowest BCUT2D eigenvalue weighted by Crippen LogP contribution is -3.07. The molecule has 0 heterocycles. The van der Waals surface area contributed by atoms with Crippen molar-refractivity contribution in [3.8, 4) is 0 Å². The van der Waals surface area contributed by atoms with E-state index in [-0.39, 0.29) is 6.04 Å². The number of quaternary nitrogens is 1. The first-order valence-electron chi connectivity index (χ1n) is 7.68. The van der Waals surface area contributed by atoms with E-state index in [4.69, 9.17) is 23.8 Å². The van der Waals surface area contributed by atoms with E-state index in [0.717, 1.165) is 23.7 Å². The molecule has 0 saturated carbocycles. The predicted octanol–water partition coefficient (Wildman–Crippen LogP) is 2.19. The molecule has 0 unspecified atom stereocenters. The summed E-state index contributed by atoms with van der Waals surface area (Å²) < 4.78 is 0. The van der Waals surface area contributed by atoms with Crippen molar-refractivity contribution >= 4 is 28.9 Å². The van der Waals surface area contributed by atoms with Crippen LogP contribution in [-0.2, 0) is 6.54 Å². The quantitative estimate of drug-likeness (QED) is 0.699. The van der Waals surface area contributed by atoms with Gasteiger partial charge in [0.15, 0.2) is 5.11 Å². The van der Waals surface area contributed by atoms with Gasteiger partial charge >= 0.3 is 0 Å². The summed E-state index contributed by atoms with van der Waals surface area (Å²) in [6.07, 6.45) is 0. The molecule has 0 spiro atoms. The van der Waals surface area contributed by atoms with Crippen LogP contribution in [0.15, 0.2) is 54.6 Å². The number of halogens is 1. The molecule has 0 saturated heterocycles. The van der Waals surface area contributed by atoms with Crippen LogP contribution in [0.2, 0.25) is 5.02 Å². The van der Waals surface area contributed by atoms with Crippen LogP contribution in [0.1, 0.15) is 17.2 Å². The van der Waals surface area contributed by atoms with E-state index in [1.807, 2.05) is 36.4 Å². The summed E-state index contributed by atoms with van der Waals surface area (Å²) in [5.41, 5.74) is 2.34. The van der Waals surface area contributed by atoms with E-state index in [1.165, 1.54) is 10.5 Å². The van der Waals surface area contributed by atoms with Gasteiger partial charge in [-0.25, -0.2) is 0 Å². The van der Waals surface area contributed by atoms with Gasteiger partial charge in [0.25, 0.3) is 0 Å². The second kappa shape index (κ2) is 8.87. The highest BCUT2D eigenvalue weighted by atomic mass is 35.5. The van der Waals surface area contributed by atoms with E-state index in [0.29, 0.717) is 5.11 Å². The zero-order valence-electron chi connectivity index (χ0n) is 13.5. The van der Waals surface area contributed by atoms with Crippen LogP contribution in [0.4, 0.5) is 0 Å². The Kier molecular flexibility index (Phi) is 6.84. The zero-order valence-corrected chi connectivity index (χ0v) is 15.0. The summed E-state index contributed by atoms with van der Waals surface area (Å²) in [5.74, 6) is 0. The van der Waals surface area contributed by atoms with Gasteiger partial charge in [0.05, 0.1) is 20.6 Å². The zero-order chi connectivity index (χ0) is 16.7. The number of likely N-dealkylation sites (N-methyl/N-ethyl adjacent to an activating group) is 1. The average Bonchev–Trinajstić information content (AvgIpc) is 2.55. The molecule has 2 aromatic rings. The third-order valence-electron chi connectivity index (χ3n) is 3.74. The number of benzene rings is 2. The molecule has 2 rings (SSSR count). The normalized spacial score (nSPS) is 12.0. The van der Waals surface area contributed by atoms with E-state index < -0.39 is 0 Å². The summed E-state index contributed by atoms with van der Waals surface area (Å²) in [6.45, 7) is 1.45. The highest BCUT2D eigenvalue weighted by molar-refractivity contribution is 7.80. The Hall–Kier alpha value is -1.62. The minimum Gasteiger partial charge on any atom is -0.359 e. The van der Waals surface area contributed by atoms with E-state index in [1.54, 1.807) is 0 Å². The summed E-state index contributed by atoms with van der Waals surface area (Å²) in [5, 5.41) is 7.99. The lowest BCUT2D eigenvalue weighted by molar-refractivity contribution is -0.890. The van der Waals surface area contributed by atoms with Crippen LogP contribution in [-0.4, -0.2) is 25.8 Å². The van der Waals surface area contributed by atoms with Crippen molar-refractivity contribution < 1.29 is 4.90 Å². The minimum absolute atomic E-state index is 0.236. The fraction of sp³-hybridized carbons (Fsp3) is 0.278. The van der Waals surface area contributed by atoms with Gasteiger partial charge in [0.2, 0.25) is 0 Å². The molecule has 122 valence electrons. The lowest BCUT2D eigenvalue weighted by atomic mass is 10.1. The van der Waals surface area contributed by atoms with Crippen LogP contribution in [0.3, 0.4) is 0 Å². The molecule has 0 aliphatic rings. The second-order valence-electron chi connectivity index (χ2n) is 5.70. The van der Waals surface area contributed by atoms with Gasteiger partial charge in [-0.1, -0.05) is 60.1 Å². The molecule has 23 heavy (non-hydrogen) atoms. The first-order valence-corrected chi connectivity index (χ1v) is 8.46. The maximum Gasteiger partial charge on any atom is 0.166 e. The van der Waals surface area contributed by atoms with Crippen molar-refractivity contribution in [2.24, 2.45) is 0 Å². The Morgan fingerprint density at radius 2 is 1.70 bits per heavy atom. The maximum atomic E-state index is 6.33. The van der Waals surface area contributed by atoms with Crippen molar-refractivity contribution in [2.75, 3.05) is 20.6 Å². The van der Waals surface area contributed by atoms with Gasteiger partial charge in [-0.2, -0.15) is 0 Å². The molecule has 0 aromatic heterocycles. The molecule has 0 aliphatic heterocycles. The van der Waals surface area contributed by atoms with Crippen molar-refractivity contribution in [1.29, 1.82) is 0 Å². The van der Waals surface area contributed by atoms with Crippen LogP contribution in [0.5, 0.6) is 0 Å². The van der Waals surface area contributed by atoms with Gasteiger partial charge in [0.1, 0.15) is 6.04 Å². The summed E-state index contributed by atoms with van der Waals surface area (Å²) >= 11 is 11.7. The van der Waals surface area contributed by atoms with Gasteiger partial charge in [-0.3, -0.25) is 0 Å². The van der Waals surface area contributed by atoms with Crippen molar-refractivity contribution in [3.05, 3.63) is 70.7 Å². The molecule has 5 heteroatoms. The largest absolute Gasteiger partial charge is 0.359 e. The van der Waals surface area contributed by atoms with Crippen LogP contribution < -0.4 is 15.5 Å². The minimum atomic E-state index is 0.236. The molecule has 0 amide bonds. The van der Waals surface area contributed by atoms with Crippen molar-refractivity contribution in [1.82, 2.24) is 10.6 Å². The molecule has 2 aromatic carbocycles. The monoisotopic (exact) mass is 348 g/mol. The number of hydrogen-bond acceptors (Lipinski definition) is 1. The smallest absolute Gasteiger partial charge is 0.166 e. The Labute approximate surface area is 148 Å². The SMILES string of the molecule is C[NH+](C)[C@H](CNC(=S)NCc1ccccc1)c1ccccc1Cl. The number of hydrogen-bond donors (Lipinski definition) is 3. The standard InChI is InChI=1S/C18H22ClN3S/c1-22(2)17(15-10-6-7-11-16(15)19)13-21-18(23)20-12-14-8-4-3-5-9-14/h3-11,17H,12-13H2,1-2H3,(H2,20,21,23)/p+1/t17-/m1/s1. The van der Waals surface area contributed by atoms with Crippen LogP contribution in [0.25, 0.3) is 0 Å². The summed E-state index contributed by atoms with van der Waals surface area (Å²) in [7, 11) is 4.24. The maximum absolute atomic E-state index is 6.33. The molecule has 1 atom stereocenters. The summed E-state index contributed by atoms with van der Waals surface area (Å²) in [6, 6.07) is 18.4.